The summed E-state index contributed by atoms with van der Waals surface area (Å²) in [7, 11) is 0. The fourth-order valence-electron chi connectivity index (χ4n) is 2.69. The first-order valence-electron chi connectivity index (χ1n) is 9.74. The van der Waals surface area contributed by atoms with Gasteiger partial charge in [-0.2, -0.15) is 0 Å². The molecule has 2 amide bonds. The lowest BCUT2D eigenvalue weighted by Crippen LogP contribution is -2.40. The van der Waals surface area contributed by atoms with Crippen LogP contribution in [0, 0.1) is 17.0 Å². The van der Waals surface area contributed by atoms with Crippen molar-refractivity contribution in [1.82, 2.24) is 10.9 Å². The number of esters is 1. The van der Waals surface area contributed by atoms with Crippen LogP contribution in [0.4, 0.5) is 5.69 Å². The molecule has 2 N–H and O–H groups in total. The van der Waals surface area contributed by atoms with E-state index in [4.69, 9.17) is 4.74 Å². The van der Waals surface area contributed by atoms with Gasteiger partial charge in [-0.15, -0.1) is 0 Å². The number of benzene rings is 3. The second-order valence-corrected chi connectivity index (χ2v) is 6.87. The van der Waals surface area contributed by atoms with E-state index in [0.29, 0.717) is 11.1 Å². The number of hydrazine groups is 1. The molecule has 3 aromatic rings. The third-order valence-electron chi connectivity index (χ3n) is 4.46. The summed E-state index contributed by atoms with van der Waals surface area (Å²) in [6, 6.07) is 18.5. The topological polar surface area (TPSA) is 128 Å². The van der Waals surface area contributed by atoms with E-state index >= 15 is 0 Å². The molecule has 0 aliphatic rings. The molecule has 0 spiro atoms. The first-order valence-corrected chi connectivity index (χ1v) is 9.74. The monoisotopic (exact) mass is 445 g/mol. The van der Waals surface area contributed by atoms with Crippen molar-refractivity contribution in [3.05, 3.63) is 111 Å². The number of rotatable bonds is 6. The van der Waals surface area contributed by atoms with Gasteiger partial charge in [-0.05, 0) is 43.3 Å². The zero-order valence-corrected chi connectivity index (χ0v) is 17.5. The summed E-state index contributed by atoms with van der Waals surface area (Å²) in [5.74, 6) is -1.54. The molecule has 3 aromatic carbocycles. The van der Waals surface area contributed by atoms with Gasteiger partial charge in [0.05, 0.1) is 10.5 Å². The lowest BCUT2D eigenvalue weighted by Gasteiger charge is -2.08. The van der Waals surface area contributed by atoms with Crippen molar-refractivity contribution in [1.29, 1.82) is 0 Å². The number of para-hydroxylation sites is 1. The number of nitro benzene ring substituents is 1. The van der Waals surface area contributed by atoms with Crippen LogP contribution in [0.1, 0.15) is 31.8 Å². The largest absolute Gasteiger partial charge is 0.422 e. The van der Waals surface area contributed by atoms with Gasteiger partial charge in [0.1, 0.15) is 5.75 Å². The molecule has 9 heteroatoms. The highest BCUT2D eigenvalue weighted by molar-refractivity contribution is 5.98. The van der Waals surface area contributed by atoms with Crippen molar-refractivity contribution in [3.63, 3.8) is 0 Å². The van der Waals surface area contributed by atoms with E-state index in [1.165, 1.54) is 30.3 Å². The lowest BCUT2D eigenvalue weighted by atomic mass is 10.1. The molecule has 0 bridgehead atoms. The molecule has 0 unspecified atom stereocenters. The Labute approximate surface area is 188 Å². The number of nitro groups is 1. The van der Waals surface area contributed by atoms with Gasteiger partial charge in [-0.25, -0.2) is 4.79 Å². The van der Waals surface area contributed by atoms with Crippen LogP contribution in [0.25, 0.3) is 6.08 Å². The van der Waals surface area contributed by atoms with E-state index in [9.17, 15) is 24.5 Å². The molecule has 0 saturated carbocycles. The normalized spacial score (nSPS) is 10.5. The Morgan fingerprint density at radius 3 is 2.18 bits per heavy atom. The summed E-state index contributed by atoms with van der Waals surface area (Å²) in [5, 5.41) is 10.7. The summed E-state index contributed by atoms with van der Waals surface area (Å²) in [6.07, 6.45) is 2.60. The molecule has 166 valence electrons. The number of nitrogens with zero attached hydrogens (tertiary/aromatic N) is 1. The summed E-state index contributed by atoms with van der Waals surface area (Å²) in [6.45, 7) is 1.91. The number of ether oxygens (including phenoxy) is 1. The van der Waals surface area contributed by atoms with Crippen LogP contribution in [-0.2, 0) is 4.79 Å². The standard InChI is InChI=1S/C24H19N3O6/c1-16-6-8-19(9-7-16)24(30)33-21-5-3-2-4-17(21)12-15-22(28)25-26-23(29)18-10-13-20(14-11-18)27(31)32/h2-15H,1H3,(H,25,28)(H,26,29)/b15-12+. The van der Waals surface area contributed by atoms with Gasteiger partial charge in [0, 0.05) is 29.3 Å². The lowest BCUT2D eigenvalue weighted by molar-refractivity contribution is -0.384. The van der Waals surface area contributed by atoms with Crippen molar-refractivity contribution in [2.45, 2.75) is 6.92 Å². The van der Waals surface area contributed by atoms with E-state index in [1.807, 2.05) is 6.92 Å². The number of hydrogen-bond donors (Lipinski definition) is 2. The Kier molecular flexibility index (Phi) is 7.28. The highest BCUT2D eigenvalue weighted by atomic mass is 16.6. The van der Waals surface area contributed by atoms with Crippen molar-refractivity contribution in [2.75, 3.05) is 0 Å². The Hall–Kier alpha value is -4.79. The average molecular weight is 445 g/mol. The molecule has 0 aromatic heterocycles. The molecule has 0 aliphatic heterocycles. The van der Waals surface area contributed by atoms with Crippen LogP contribution in [0.5, 0.6) is 5.75 Å². The van der Waals surface area contributed by atoms with E-state index in [0.717, 1.165) is 11.6 Å². The molecule has 9 nitrogen and oxygen atoms in total. The van der Waals surface area contributed by atoms with E-state index < -0.39 is 22.7 Å². The number of carbonyl (C=O) groups is 3. The third kappa shape index (κ3) is 6.34. The third-order valence-corrected chi connectivity index (χ3v) is 4.46. The van der Waals surface area contributed by atoms with Crippen molar-refractivity contribution in [3.8, 4) is 5.75 Å². The summed E-state index contributed by atoms with van der Waals surface area (Å²) >= 11 is 0. The molecule has 3 rings (SSSR count). The van der Waals surface area contributed by atoms with Crippen LogP contribution < -0.4 is 15.6 Å². The van der Waals surface area contributed by atoms with Gasteiger partial charge >= 0.3 is 5.97 Å². The molecular formula is C24H19N3O6. The van der Waals surface area contributed by atoms with Crippen LogP contribution in [0.2, 0.25) is 0 Å². The maximum Gasteiger partial charge on any atom is 0.343 e. The predicted octanol–water partition coefficient (Wildman–Crippen LogP) is 3.60. The first-order chi connectivity index (χ1) is 15.8. The van der Waals surface area contributed by atoms with Gasteiger partial charge in [-0.3, -0.25) is 30.6 Å². The highest BCUT2D eigenvalue weighted by Gasteiger charge is 2.12. The second-order valence-electron chi connectivity index (χ2n) is 6.87. The van der Waals surface area contributed by atoms with E-state index in [-0.39, 0.29) is 17.0 Å². The Bertz CT molecular complexity index is 1220. The van der Waals surface area contributed by atoms with Gasteiger partial charge in [-0.1, -0.05) is 35.9 Å². The zero-order chi connectivity index (χ0) is 23.8. The maximum absolute atomic E-state index is 12.4. The van der Waals surface area contributed by atoms with Crippen LogP contribution >= 0.6 is 0 Å². The quantitative estimate of drug-likeness (QED) is 0.196. The van der Waals surface area contributed by atoms with Crippen molar-refractivity contribution >= 4 is 29.5 Å². The second kappa shape index (κ2) is 10.5. The molecular weight excluding hydrogens is 426 g/mol. The minimum absolute atomic E-state index is 0.137. The number of carbonyl (C=O) groups excluding carboxylic acids is 3. The average Bonchev–Trinajstić information content (AvgIpc) is 2.82. The fraction of sp³-hybridized carbons (Fsp3) is 0.0417. The molecule has 33 heavy (non-hydrogen) atoms. The Morgan fingerprint density at radius 1 is 0.879 bits per heavy atom. The number of nitrogens with one attached hydrogen (secondary N) is 2. The number of aryl methyl sites for hydroxylation is 1. The number of hydrogen-bond acceptors (Lipinski definition) is 6. The van der Waals surface area contributed by atoms with Crippen LogP contribution in [0.3, 0.4) is 0 Å². The minimum atomic E-state index is -0.640. The highest BCUT2D eigenvalue weighted by Crippen LogP contribution is 2.21. The fourth-order valence-corrected chi connectivity index (χ4v) is 2.69. The first kappa shape index (κ1) is 22.9. The maximum atomic E-state index is 12.4. The van der Waals surface area contributed by atoms with E-state index in [2.05, 4.69) is 10.9 Å². The van der Waals surface area contributed by atoms with E-state index in [1.54, 1.807) is 48.5 Å². The number of non-ortho nitro benzene ring substituents is 1. The zero-order valence-electron chi connectivity index (χ0n) is 17.5. The molecule has 0 heterocycles. The smallest absolute Gasteiger partial charge is 0.343 e. The summed E-state index contributed by atoms with van der Waals surface area (Å²) < 4.78 is 5.45. The molecule has 0 fully saturated rings. The summed E-state index contributed by atoms with van der Waals surface area (Å²) in [4.78, 5) is 46.6. The van der Waals surface area contributed by atoms with Crippen LogP contribution in [0.15, 0.2) is 78.9 Å². The number of amides is 2. The Balaban J connectivity index is 1.59. The SMILES string of the molecule is Cc1ccc(C(=O)Oc2ccccc2/C=C/C(=O)NNC(=O)c2ccc([N+](=O)[O-])cc2)cc1. The summed E-state index contributed by atoms with van der Waals surface area (Å²) in [5.41, 5.74) is 6.30. The van der Waals surface area contributed by atoms with Gasteiger partial charge in [0.25, 0.3) is 17.5 Å². The van der Waals surface area contributed by atoms with Crippen LogP contribution in [-0.4, -0.2) is 22.7 Å². The van der Waals surface area contributed by atoms with Gasteiger partial charge in [0.15, 0.2) is 0 Å². The predicted molar refractivity (Wildman–Crippen MR) is 120 cm³/mol. The Morgan fingerprint density at radius 2 is 1.52 bits per heavy atom. The molecule has 0 atom stereocenters. The molecule has 0 aliphatic carbocycles. The molecule has 0 saturated heterocycles. The van der Waals surface area contributed by atoms with Gasteiger partial charge < -0.3 is 4.74 Å². The van der Waals surface area contributed by atoms with Gasteiger partial charge in [0.2, 0.25) is 0 Å². The molecule has 0 radical (unpaired) electrons. The van der Waals surface area contributed by atoms with Crippen molar-refractivity contribution in [2.24, 2.45) is 0 Å². The minimum Gasteiger partial charge on any atom is -0.422 e. The van der Waals surface area contributed by atoms with Crippen molar-refractivity contribution < 1.29 is 24.0 Å².